The van der Waals surface area contributed by atoms with E-state index in [0.29, 0.717) is 6.54 Å². The fourth-order valence-electron chi connectivity index (χ4n) is 2.32. The monoisotopic (exact) mass is 292 g/mol. The van der Waals surface area contributed by atoms with Crippen LogP contribution in [0.25, 0.3) is 10.9 Å². The Morgan fingerprint density at radius 3 is 2.74 bits per heavy atom. The van der Waals surface area contributed by atoms with Crippen LogP contribution in [0.2, 0.25) is 0 Å². The van der Waals surface area contributed by atoms with E-state index in [9.17, 15) is 13.2 Å². The highest BCUT2D eigenvalue weighted by molar-refractivity contribution is 5.86. The SMILES string of the molecule is Cl.FC(F)(F)Oc1ccc2[nH]c3c(c2c1)CNCC3. The molecule has 3 nitrogen and oxygen atoms in total. The van der Waals surface area contributed by atoms with Crippen LogP contribution in [0.1, 0.15) is 11.3 Å². The summed E-state index contributed by atoms with van der Waals surface area (Å²) in [5.74, 6) is -0.178. The summed E-state index contributed by atoms with van der Waals surface area (Å²) in [5.41, 5.74) is 2.97. The van der Waals surface area contributed by atoms with Gasteiger partial charge in [0.15, 0.2) is 0 Å². The molecule has 0 amide bonds. The number of alkyl halides is 3. The van der Waals surface area contributed by atoms with Crippen LogP contribution in [0, 0.1) is 0 Å². The number of hydrogen-bond donors (Lipinski definition) is 2. The molecule has 1 aliphatic rings. The lowest BCUT2D eigenvalue weighted by atomic mass is 10.1. The summed E-state index contributed by atoms with van der Waals surface area (Å²) in [6.45, 7) is 1.55. The number of nitrogens with one attached hydrogen (secondary N) is 2. The summed E-state index contributed by atoms with van der Waals surface area (Å²) in [7, 11) is 0. The number of halogens is 4. The second-order valence-corrected chi connectivity index (χ2v) is 4.26. The van der Waals surface area contributed by atoms with Gasteiger partial charge < -0.3 is 15.0 Å². The lowest BCUT2D eigenvalue weighted by molar-refractivity contribution is -0.274. The van der Waals surface area contributed by atoms with E-state index in [1.807, 2.05) is 0 Å². The van der Waals surface area contributed by atoms with E-state index >= 15 is 0 Å². The molecule has 0 saturated heterocycles. The van der Waals surface area contributed by atoms with Gasteiger partial charge in [-0.15, -0.1) is 25.6 Å². The molecule has 1 aromatic heterocycles. The van der Waals surface area contributed by atoms with E-state index in [1.165, 1.54) is 12.1 Å². The Labute approximate surface area is 113 Å². The van der Waals surface area contributed by atoms with E-state index in [-0.39, 0.29) is 18.2 Å². The van der Waals surface area contributed by atoms with Gasteiger partial charge in [-0.05, 0) is 23.8 Å². The van der Waals surface area contributed by atoms with Crippen LogP contribution in [0.5, 0.6) is 5.75 Å². The van der Waals surface area contributed by atoms with Crippen molar-refractivity contribution in [2.45, 2.75) is 19.3 Å². The summed E-state index contributed by atoms with van der Waals surface area (Å²) >= 11 is 0. The first kappa shape index (κ1) is 14.0. The van der Waals surface area contributed by atoms with E-state index in [4.69, 9.17) is 0 Å². The Kier molecular flexibility index (Phi) is 3.64. The first-order valence-electron chi connectivity index (χ1n) is 5.63. The van der Waals surface area contributed by atoms with Gasteiger partial charge in [0.25, 0.3) is 0 Å². The van der Waals surface area contributed by atoms with Crippen molar-refractivity contribution in [1.82, 2.24) is 10.3 Å². The van der Waals surface area contributed by atoms with Gasteiger partial charge in [-0.3, -0.25) is 0 Å². The number of benzene rings is 1. The summed E-state index contributed by atoms with van der Waals surface area (Å²) in [5, 5.41) is 3.99. The third-order valence-electron chi connectivity index (χ3n) is 3.05. The molecule has 0 unspecified atom stereocenters. The molecule has 2 aromatic rings. The maximum Gasteiger partial charge on any atom is 0.573 e. The maximum absolute atomic E-state index is 12.2. The van der Waals surface area contributed by atoms with Crippen LogP contribution in [-0.2, 0) is 13.0 Å². The van der Waals surface area contributed by atoms with E-state index in [1.54, 1.807) is 6.07 Å². The van der Waals surface area contributed by atoms with Gasteiger partial charge in [0.2, 0.25) is 0 Å². The molecule has 19 heavy (non-hydrogen) atoms. The number of rotatable bonds is 1. The topological polar surface area (TPSA) is 37.0 Å². The van der Waals surface area contributed by atoms with E-state index < -0.39 is 6.36 Å². The number of H-pyrrole nitrogens is 1. The number of hydrogen-bond acceptors (Lipinski definition) is 2. The first-order valence-corrected chi connectivity index (χ1v) is 5.63. The third-order valence-corrected chi connectivity index (χ3v) is 3.05. The molecule has 0 fully saturated rings. The standard InChI is InChI=1S/C12H11F3N2O.ClH/c13-12(14,15)18-7-1-2-10-8(5-7)9-6-16-4-3-11(9)17-10;/h1-2,5,16-17H,3-4,6H2;1H. The highest BCUT2D eigenvalue weighted by Gasteiger charge is 2.31. The van der Waals surface area contributed by atoms with Gasteiger partial charge in [-0.2, -0.15) is 0 Å². The Hall–Kier alpha value is -1.40. The molecule has 7 heteroatoms. The zero-order chi connectivity index (χ0) is 12.8. The smallest absolute Gasteiger partial charge is 0.406 e. The highest BCUT2D eigenvalue weighted by Crippen LogP contribution is 2.30. The lowest BCUT2D eigenvalue weighted by Gasteiger charge is -2.13. The molecule has 0 atom stereocenters. The van der Waals surface area contributed by atoms with Gasteiger partial charge in [0.1, 0.15) is 5.75 Å². The molecule has 1 aromatic carbocycles. The second-order valence-electron chi connectivity index (χ2n) is 4.26. The highest BCUT2D eigenvalue weighted by atomic mass is 35.5. The normalized spacial score (nSPS) is 14.9. The minimum Gasteiger partial charge on any atom is -0.406 e. The molecule has 0 saturated carbocycles. The second kappa shape index (κ2) is 4.94. The van der Waals surface area contributed by atoms with E-state index in [0.717, 1.165) is 35.1 Å². The first-order chi connectivity index (χ1) is 8.53. The van der Waals surface area contributed by atoms with E-state index in [2.05, 4.69) is 15.0 Å². The average molecular weight is 293 g/mol. The van der Waals surface area contributed by atoms with Gasteiger partial charge in [-0.1, -0.05) is 0 Å². The Balaban J connectivity index is 0.00000133. The summed E-state index contributed by atoms with van der Waals surface area (Å²) in [4.78, 5) is 3.23. The van der Waals surface area contributed by atoms with Crippen LogP contribution in [0.4, 0.5) is 13.2 Å². The molecule has 104 valence electrons. The molecular weight excluding hydrogens is 281 g/mol. The minimum atomic E-state index is -4.65. The average Bonchev–Trinajstić information content (AvgIpc) is 2.65. The fourth-order valence-corrected chi connectivity index (χ4v) is 2.32. The number of ether oxygens (including phenoxy) is 1. The molecule has 0 spiro atoms. The molecular formula is C12H12ClF3N2O. The molecule has 0 bridgehead atoms. The largest absolute Gasteiger partial charge is 0.573 e. The number of aromatic nitrogens is 1. The van der Waals surface area contributed by atoms with Crippen molar-refractivity contribution >= 4 is 23.3 Å². The summed E-state index contributed by atoms with van der Waals surface area (Å²) in [6, 6.07) is 4.38. The summed E-state index contributed by atoms with van der Waals surface area (Å²) < 4.78 is 40.4. The molecule has 2 heterocycles. The Bertz CT molecular complexity index is 594. The molecule has 0 radical (unpaired) electrons. The van der Waals surface area contributed by atoms with Crippen LogP contribution >= 0.6 is 12.4 Å². The third kappa shape index (κ3) is 2.79. The van der Waals surface area contributed by atoms with Crippen LogP contribution in [0.15, 0.2) is 18.2 Å². The zero-order valence-electron chi connectivity index (χ0n) is 9.80. The van der Waals surface area contributed by atoms with Crippen molar-refractivity contribution in [1.29, 1.82) is 0 Å². The fraction of sp³-hybridized carbons (Fsp3) is 0.333. The number of fused-ring (bicyclic) bond motifs is 3. The van der Waals surface area contributed by atoms with Crippen molar-refractivity contribution in [3.8, 4) is 5.75 Å². The van der Waals surface area contributed by atoms with Crippen molar-refractivity contribution in [2.75, 3.05) is 6.54 Å². The van der Waals surface area contributed by atoms with Crippen molar-refractivity contribution in [2.24, 2.45) is 0 Å². The van der Waals surface area contributed by atoms with Crippen LogP contribution < -0.4 is 10.1 Å². The number of aromatic amines is 1. The molecule has 3 rings (SSSR count). The minimum absolute atomic E-state index is 0. The van der Waals surface area contributed by atoms with Gasteiger partial charge in [0, 0.05) is 36.1 Å². The Morgan fingerprint density at radius 2 is 2.00 bits per heavy atom. The Morgan fingerprint density at radius 1 is 1.21 bits per heavy atom. The lowest BCUT2D eigenvalue weighted by Crippen LogP contribution is -2.22. The van der Waals surface area contributed by atoms with Gasteiger partial charge >= 0.3 is 6.36 Å². The molecule has 1 aliphatic heterocycles. The van der Waals surface area contributed by atoms with Gasteiger partial charge in [0.05, 0.1) is 0 Å². The summed E-state index contributed by atoms with van der Waals surface area (Å²) in [6.07, 6.45) is -3.79. The maximum atomic E-state index is 12.2. The molecule has 0 aliphatic carbocycles. The van der Waals surface area contributed by atoms with Crippen molar-refractivity contribution < 1.29 is 17.9 Å². The van der Waals surface area contributed by atoms with Crippen LogP contribution in [0.3, 0.4) is 0 Å². The van der Waals surface area contributed by atoms with Crippen molar-refractivity contribution in [3.05, 3.63) is 29.5 Å². The van der Waals surface area contributed by atoms with Gasteiger partial charge in [-0.25, -0.2) is 0 Å². The predicted octanol–water partition coefficient (Wildman–Crippen LogP) is 3.13. The predicted molar refractivity (Wildman–Crippen MR) is 67.6 cm³/mol. The van der Waals surface area contributed by atoms with Crippen molar-refractivity contribution in [3.63, 3.8) is 0 Å². The quantitative estimate of drug-likeness (QED) is 0.847. The zero-order valence-corrected chi connectivity index (χ0v) is 10.6. The molecule has 2 N–H and O–H groups in total. The van der Waals surface area contributed by atoms with Crippen LogP contribution in [-0.4, -0.2) is 17.9 Å².